The molecule has 1 heteroatoms. The topological polar surface area (TPSA) is 20.2 Å². The molecule has 0 aromatic carbocycles. The summed E-state index contributed by atoms with van der Waals surface area (Å²) >= 11 is 0. The Morgan fingerprint density at radius 2 is 1.73 bits per heavy atom. The summed E-state index contributed by atoms with van der Waals surface area (Å²) in [6, 6.07) is 0. The van der Waals surface area contributed by atoms with Crippen molar-refractivity contribution in [3.05, 3.63) is 0 Å². The molecule has 0 saturated heterocycles. The van der Waals surface area contributed by atoms with Crippen molar-refractivity contribution in [2.75, 3.05) is 0 Å². The molecule has 0 saturated carbocycles. The fourth-order valence-corrected chi connectivity index (χ4v) is 1.19. The maximum Gasteiger partial charge on any atom is 0.0537 e. The van der Waals surface area contributed by atoms with Gasteiger partial charge in [0.1, 0.15) is 0 Å². The van der Waals surface area contributed by atoms with Gasteiger partial charge in [0.15, 0.2) is 0 Å². The first kappa shape index (κ1) is 11.0. The third-order valence-corrected chi connectivity index (χ3v) is 2.66. The largest absolute Gasteiger partial charge is 0.393 e. The van der Waals surface area contributed by atoms with Crippen molar-refractivity contribution in [1.29, 1.82) is 0 Å². The van der Waals surface area contributed by atoms with Gasteiger partial charge in [-0.3, -0.25) is 0 Å². The minimum atomic E-state index is -0.166. The van der Waals surface area contributed by atoms with Crippen LogP contribution in [0.4, 0.5) is 0 Å². The highest BCUT2D eigenvalue weighted by atomic mass is 16.3. The molecule has 2 unspecified atom stereocenters. The van der Waals surface area contributed by atoms with Crippen molar-refractivity contribution in [3.8, 4) is 0 Å². The zero-order valence-electron chi connectivity index (χ0n) is 8.52. The Morgan fingerprint density at radius 1 is 1.27 bits per heavy atom. The Bertz CT molecular complexity index is 105. The van der Waals surface area contributed by atoms with Gasteiger partial charge in [-0.2, -0.15) is 0 Å². The van der Waals surface area contributed by atoms with Crippen LogP contribution in [0.5, 0.6) is 0 Å². The molecule has 2 atom stereocenters. The van der Waals surface area contributed by atoms with Crippen LogP contribution in [0, 0.1) is 11.3 Å². The van der Waals surface area contributed by atoms with E-state index in [0.717, 1.165) is 6.42 Å². The summed E-state index contributed by atoms with van der Waals surface area (Å²) in [5, 5.41) is 9.28. The summed E-state index contributed by atoms with van der Waals surface area (Å²) in [6.07, 6.45) is 2.13. The number of aliphatic hydroxyl groups is 1. The van der Waals surface area contributed by atoms with Crippen LogP contribution in [0.2, 0.25) is 0 Å². The van der Waals surface area contributed by atoms with Crippen LogP contribution in [-0.4, -0.2) is 11.2 Å². The molecular formula is C10H22O. The van der Waals surface area contributed by atoms with Crippen LogP contribution in [0.15, 0.2) is 0 Å². The Morgan fingerprint density at radius 3 is 2.00 bits per heavy atom. The molecule has 0 amide bonds. The summed E-state index contributed by atoms with van der Waals surface area (Å²) in [7, 11) is 0. The molecule has 0 aliphatic carbocycles. The summed E-state index contributed by atoms with van der Waals surface area (Å²) in [5.74, 6) is 0.421. The van der Waals surface area contributed by atoms with E-state index in [9.17, 15) is 5.11 Å². The molecule has 1 N–H and O–H groups in total. The minimum absolute atomic E-state index is 0.166. The van der Waals surface area contributed by atoms with Gasteiger partial charge in [-0.25, -0.2) is 0 Å². The van der Waals surface area contributed by atoms with Gasteiger partial charge in [0.2, 0.25) is 0 Å². The van der Waals surface area contributed by atoms with Crippen LogP contribution < -0.4 is 0 Å². The Balaban J connectivity index is 3.83. The monoisotopic (exact) mass is 158 g/mol. The fraction of sp³-hybridized carbons (Fsp3) is 1.00. The smallest absolute Gasteiger partial charge is 0.0537 e. The molecule has 0 heterocycles. The van der Waals surface area contributed by atoms with E-state index in [1.165, 1.54) is 6.42 Å². The third kappa shape index (κ3) is 4.41. The van der Waals surface area contributed by atoms with Crippen molar-refractivity contribution in [2.24, 2.45) is 11.3 Å². The molecular weight excluding hydrogens is 136 g/mol. The van der Waals surface area contributed by atoms with Gasteiger partial charge in [-0.15, -0.1) is 0 Å². The molecule has 68 valence electrons. The molecule has 0 spiro atoms. The first-order valence-corrected chi connectivity index (χ1v) is 4.57. The molecule has 0 aliphatic heterocycles. The highest BCUT2D eigenvalue weighted by Gasteiger charge is 2.21. The molecule has 0 aromatic rings. The predicted molar refractivity (Wildman–Crippen MR) is 49.5 cm³/mol. The van der Waals surface area contributed by atoms with Crippen molar-refractivity contribution in [1.82, 2.24) is 0 Å². The molecule has 11 heavy (non-hydrogen) atoms. The molecule has 1 nitrogen and oxygen atoms in total. The standard InChI is InChI=1S/C10H22O/c1-6-10(4,5)7-8(2)9(3)11/h8-9,11H,6-7H2,1-5H3. The Hall–Kier alpha value is -0.0400. The zero-order valence-corrected chi connectivity index (χ0v) is 8.52. The fourth-order valence-electron chi connectivity index (χ4n) is 1.19. The molecule has 0 bridgehead atoms. The van der Waals surface area contributed by atoms with Gasteiger partial charge in [0.25, 0.3) is 0 Å². The highest BCUT2D eigenvalue weighted by Crippen LogP contribution is 2.29. The van der Waals surface area contributed by atoms with E-state index < -0.39 is 0 Å². The molecule has 0 rings (SSSR count). The molecule has 0 fully saturated rings. The lowest BCUT2D eigenvalue weighted by molar-refractivity contribution is 0.101. The lowest BCUT2D eigenvalue weighted by atomic mass is 9.80. The third-order valence-electron chi connectivity index (χ3n) is 2.66. The average Bonchev–Trinajstić information content (AvgIpc) is 1.87. The normalized spacial score (nSPS) is 18.0. The average molecular weight is 158 g/mol. The van der Waals surface area contributed by atoms with Crippen molar-refractivity contribution in [2.45, 2.75) is 53.6 Å². The van der Waals surface area contributed by atoms with Gasteiger partial charge in [0, 0.05) is 0 Å². The lowest BCUT2D eigenvalue weighted by Gasteiger charge is -2.27. The quantitative estimate of drug-likeness (QED) is 0.667. The molecule has 0 aliphatic rings. The second-order valence-corrected chi connectivity index (χ2v) is 4.44. The summed E-state index contributed by atoms with van der Waals surface area (Å²) in [5.41, 5.74) is 0.385. The second kappa shape index (κ2) is 4.10. The summed E-state index contributed by atoms with van der Waals surface area (Å²) in [4.78, 5) is 0. The predicted octanol–water partition coefficient (Wildman–Crippen LogP) is 2.83. The van der Waals surface area contributed by atoms with E-state index in [2.05, 4.69) is 27.7 Å². The Labute approximate surface area is 70.8 Å². The SMILES string of the molecule is CCC(C)(C)CC(C)C(C)O. The highest BCUT2D eigenvalue weighted by molar-refractivity contribution is 4.72. The van der Waals surface area contributed by atoms with Gasteiger partial charge in [-0.1, -0.05) is 34.1 Å². The van der Waals surface area contributed by atoms with Crippen LogP contribution >= 0.6 is 0 Å². The maximum atomic E-state index is 9.28. The molecule has 0 radical (unpaired) electrons. The van der Waals surface area contributed by atoms with E-state index in [-0.39, 0.29) is 6.10 Å². The number of rotatable bonds is 4. The number of hydrogen-bond acceptors (Lipinski definition) is 1. The van der Waals surface area contributed by atoms with Crippen LogP contribution in [0.25, 0.3) is 0 Å². The van der Waals surface area contributed by atoms with Gasteiger partial charge >= 0.3 is 0 Å². The maximum absolute atomic E-state index is 9.28. The van der Waals surface area contributed by atoms with E-state index in [4.69, 9.17) is 0 Å². The zero-order chi connectivity index (χ0) is 9.07. The first-order chi connectivity index (χ1) is 4.89. The summed E-state index contributed by atoms with van der Waals surface area (Å²) in [6.45, 7) is 10.7. The lowest BCUT2D eigenvalue weighted by Crippen LogP contribution is -2.21. The van der Waals surface area contributed by atoms with Gasteiger partial charge in [-0.05, 0) is 24.7 Å². The van der Waals surface area contributed by atoms with Crippen molar-refractivity contribution < 1.29 is 5.11 Å². The van der Waals surface area contributed by atoms with Crippen LogP contribution in [-0.2, 0) is 0 Å². The van der Waals surface area contributed by atoms with Crippen molar-refractivity contribution in [3.63, 3.8) is 0 Å². The minimum Gasteiger partial charge on any atom is -0.393 e. The van der Waals surface area contributed by atoms with E-state index in [1.807, 2.05) is 6.92 Å². The molecule has 0 aromatic heterocycles. The second-order valence-electron chi connectivity index (χ2n) is 4.44. The Kier molecular flexibility index (Phi) is 4.09. The summed E-state index contributed by atoms with van der Waals surface area (Å²) < 4.78 is 0. The van der Waals surface area contributed by atoms with Crippen molar-refractivity contribution >= 4 is 0 Å². The van der Waals surface area contributed by atoms with Crippen LogP contribution in [0.1, 0.15) is 47.5 Å². The van der Waals surface area contributed by atoms with Gasteiger partial charge in [0.05, 0.1) is 6.10 Å². The van der Waals surface area contributed by atoms with E-state index >= 15 is 0 Å². The van der Waals surface area contributed by atoms with E-state index in [0.29, 0.717) is 11.3 Å². The van der Waals surface area contributed by atoms with E-state index in [1.54, 1.807) is 0 Å². The van der Waals surface area contributed by atoms with Gasteiger partial charge < -0.3 is 5.11 Å². The number of aliphatic hydroxyl groups excluding tert-OH is 1. The first-order valence-electron chi connectivity index (χ1n) is 4.57. The number of hydrogen-bond donors (Lipinski definition) is 1. The van der Waals surface area contributed by atoms with Crippen LogP contribution in [0.3, 0.4) is 0 Å².